The third-order valence-corrected chi connectivity index (χ3v) is 2.58. The van der Waals surface area contributed by atoms with E-state index in [0.29, 0.717) is 5.39 Å². The van der Waals surface area contributed by atoms with Crippen molar-refractivity contribution in [3.05, 3.63) is 44.7 Å². The van der Waals surface area contributed by atoms with Gasteiger partial charge in [0.05, 0.1) is 4.92 Å². The fourth-order valence-corrected chi connectivity index (χ4v) is 1.75. The molecule has 0 saturated carbocycles. The number of halogens is 2. The molecule has 76 valence electrons. The van der Waals surface area contributed by atoms with Gasteiger partial charge in [-0.15, -0.1) is 0 Å². The molecule has 0 atom stereocenters. The summed E-state index contributed by atoms with van der Waals surface area (Å²) in [5.74, 6) is 0. The van der Waals surface area contributed by atoms with E-state index >= 15 is 0 Å². The summed E-state index contributed by atoms with van der Waals surface area (Å²) in [7, 11) is 0. The van der Waals surface area contributed by atoms with Crippen molar-refractivity contribution in [1.29, 1.82) is 0 Å². The lowest BCUT2D eigenvalue weighted by Crippen LogP contribution is -1.90. The number of fused-ring (bicyclic) bond motifs is 1. The smallest absolute Gasteiger partial charge is 0.258 e. The molecule has 0 radical (unpaired) electrons. The molecule has 0 saturated heterocycles. The standard InChI is InChI=1S/C9H4Cl2N2O2/c10-7-3-5-1-2-12-9(11)6(5)4-8(7)13(14)15/h1-4H. The number of nitro groups is 1. The Balaban J connectivity index is 2.83. The highest BCUT2D eigenvalue weighted by Gasteiger charge is 2.14. The van der Waals surface area contributed by atoms with Crippen molar-refractivity contribution in [1.82, 2.24) is 4.98 Å². The summed E-state index contributed by atoms with van der Waals surface area (Å²) in [6, 6.07) is 4.52. The second-order valence-electron chi connectivity index (χ2n) is 2.88. The van der Waals surface area contributed by atoms with Crippen molar-refractivity contribution in [2.45, 2.75) is 0 Å². The first-order chi connectivity index (χ1) is 7.09. The maximum atomic E-state index is 10.6. The van der Waals surface area contributed by atoms with Crippen molar-refractivity contribution >= 4 is 39.7 Å². The molecule has 15 heavy (non-hydrogen) atoms. The first kappa shape index (κ1) is 10.1. The lowest BCUT2D eigenvalue weighted by atomic mass is 10.1. The highest BCUT2D eigenvalue weighted by molar-refractivity contribution is 6.36. The van der Waals surface area contributed by atoms with Crippen LogP contribution in [0.2, 0.25) is 10.2 Å². The van der Waals surface area contributed by atoms with Crippen LogP contribution in [-0.4, -0.2) is 9.91 Å². The van der Waals surface area contributed by atoms with E-state index < -0.39 is 4.92 Å². The molecule has 1 aromatic heterocycles. The van der Waals surface area contributed by atoms with Crippen LogP contribution < -0.4 is 0 Å². The van der Waals surface area contributed by atoms with Gasteiger partial charge >= 0.3 is 0 Å². The van der Waals surface area contributed by atoms with Crippen molar-refractivity contribution < 1.29 is 4.92 Å². The van der Waals surface area contributed by atoms with Crippen molar-refractivity contribution in [3.63, 3.8) is 0 Å². The summed E-state index contributed by atoms with van der Waals surface area (Å²) in [6.45, 7) is 0. The number of hydrogen-bond acceptors (Lipinski definition) is 3. The number of benzene rings is 1. The van der Waals surface area contributed by atoms with Gasteiger partial charge in [0.15, 0.2) is 0 Å². The first-order valence-electron chi connectivity index (χ1n) is 3.98. The van der Waals surface area contributed by atoms with Crippen molar-refractivity contribution in [2.24, 2.45) is 0 Å². The van der Waals surface area contributed by atoms with E-state index in [-0.39, 0.29) is 15.9 Å². The van der Waals surface area contributed by atoms with Gasteiger partial charge in [-0.3, -0.25) is 10.1 Å². The molecule has 1 aromatic carbocycles. The summed E-state index contributed by atoms with van der Waals surface area (Å²) in [4.78, 5) is 13.9. The molecular weight excluding hydrogens is 239 g/mol. The van der Waals surface area contributed by atoms with E-state index in [1.807, 2.05) is 0 Å². The topological polar surface area (TPSA) is 56.0 Å². The van der Waals surface area contributed by atoms with E-state index in [4.69, 9.17) is 23.2 Å². The second kappa shape index (κ2) is 3.64. The van der Waals surface area contributed by atoms with Crippen LogP contribution >= 0.6 is 23.2 Å². The minimum absolute atomic E-state index is 0.0924. The fourth-order valence-electron chi connectivity index (χ4n) is 1.29. The van der Waals surface area contributed by atoms with E-state index in [1.165, 1.54) is 18.3 Å². The van der Waals surface area contributed by atoms with Crippen LogP contribution in [-0.2, 0) is 0 Å². The minimum atomic E-state index is -0.550. The Bertz CT molecular complexity index is 557. The van der Waals surface area contributed by atoms with E-state index in [2.05, 4.69) is 4.98 Å². The van der Waals surface area contributed by atoms with Gasteiger partial charge in [-0.2, -0.15) is 0 Å². The molecule has 4 nitrogen and oxygen atoms in total. The highest BCUT2D eigenvalue weighted by atomic mass is 35.5. The van der Waals surface area contributed by atoms with Gasteiger partial charge in [0.1, 0.15) is 10.2 Å². The highest BCUT2D eigenvalue weighted by Crippen LogP contribution is 2.32. The number of nitro benzene ring substituents is 1. The van der Waals surface area contributed by atoms with Crippen molar-refractivity contribution in [3.8, 4) is 0 Å². The Hall–Kier alpha value is -1.39. The lowest BCUT2D eigenvalue weighted by molar-refractivity contribution is -0.384. The van der Waals surface area contributed by atoms with Gasteiger partial charge in [-0.05, 0) is 17.5 Å². The maximum Gasteiger partial charge on any atom is 0.288 e. The average molecular weight is 243 g/mol. The molecule has 2 aromatic rings. The molecule has 0 N–H and O–H groups in total. The van der Waals surface area contributed by atoms with Crippen LogP contribution in [0.4, 0.5) is 5.69 Å². The first-order valence-corrected chi connectivity index (χ1v) is 4.73. The summed E-state index contributed by atoms with van der Waals surface area (Å²) in [5, 5.41) is 12.2. The maximum absolute atomic E-state index is 10.6. The van der Waals surface area contributed by atoms with E-state index in [0.717, 1.165) is 5.39 Å². The van der Waals surface area contributed by atoms with Gasteiger partial charge in [0.25, 0.3) is 5.69 Å². The van der Waals surface area contributed by atoms with E-state index in [1.54, 1.807) is 6.07 Å². The van der Waals surface area contributed by atoms with Crippen LogP contribution in [0.3, 0.4) is 0 Å². The zero-order valence-corrected chi connectivity index (χ0v) is 8.79. The number of rotatable bonds is 1. The Morgan fingerprint density at radius 3 is 2.73 bits per heavy atom. The number of hydrogen-bond donors (Lipinski definition) is 0. The molecular formula is C9H4Cl2N2O2. The SMILES string of the molecule is O=[N+]([O-])c1cc2c(Cl)nccc2cc1Cl. The Labute approximate surface area is 94.6 Å². The van der Waals surface area contributed by atoms with Gasteiger partial charge in [0.2, 0.25) is 0 Å². The lowest BCUT2D eigenvalue weighted by Gasteiger charge is -2.00. The predicted molar refractivity (Wildman–Crippen MR) is 58.4 cm³/mol. The summed E-state index contributed by atoms with van der Waals surface area (Å²) in [6.07, 6.45) is 1.52. The summed E-state index contributed by atoms with van der Waals surface area (Å²) in [5.41, 5.74) is -0.168. The Morgan fingerprint density at radius 2 is 2.07 bits per heavy atom. The van der Waals surface area contributed by atoms with Crippen LogP contribution in [0.15, 0.2) is 24.4 Å². The molecule has 0 fully saturated rings. The Morgan fingerprint density at radius 1 is 1.33 bits per heavy atom. The largest absolute Gasteiger partial charge is 0.288 e. The number of pyridine rings is 1. The minimum Gasteiger partial charge on any atom is -0.258 e. The van der Waals surface area contributed by atoms with Crippen LogP contribution in [0.25, 0.3) is 10.8 Å². The van der Waals surface area contributed by atoms with Crippen molar-refractivity contribution in [2.75, 3.05) is 0 Å². The predicted octanol–water partition coefficient (Wildman–Crippen LogP) is 3.45. The van der Waals surface area contributed by atoms with Gasteiger partial charge < -0.3 is 0 Å². The van der Waals surface area contributed by atoms with Gasteiger partial charge in [-0.25, -0.2) is 4.98 Å². The monoisotopic (exact) mass is 242 g/mol. The summed E-state index contributed by atoms with van der Waals surface area (Å²) < 4.78 is 0. The molecule has 0 aliphatic rings. The van der Waals surface area contributed by atoms with Crippen LogP contribution in [0.5, 0.6) is 0 Å². The molecule has 0 unspecified atom stereocenters. The summed E-state index contributed by atoms with van der Waals surface area (Å²) >= 11 is 11.6. The third kappa shape index (κ3) is 1.73. The Kier molecular flexibility index (Phi) is 2.46. The molecule has 0 bridgehead atoms. The van der Waals surface area contributed by atoms with E-state index in [9.17, 15) is 10.1 Å². The molecule has 2 rings (SSSR count). The molecule has 0 aliphatic carbocycles. The normalized spacial score (nSPS) is 10.5. The number of nitrogens with zero attached hydrogens (tertiary/aromatic N) is 2. The number of aromatic nitrogens is 1. The quantitative estimate of drug-likeness (QED) is 0.437. The van der Waals surface area contributed by atoms with Gasteiger partial charge in [-0.1, -0.05) is 23.2 Å². The van der Waals surface area contributed by atoms with Crippen LogP contribution in [0.1, 0.15) is 0 Å². The second-order valence-corrected chi connectivity index (χ2v) is 3.65. The zero-order valence-electron chi connectivity index (χ0n) is 7.28. The average Bonchev–Trinajstić information content (AvgIpc) is 2.16. The fraction of sp³-hybridized carbons (Fsp3) is 0. The third-order valence-electron chi connectivity index (χ3n) is 1.98. The molecule has 1 heterocycles. The molecule has 6 heteroatoms. The van der Waals surface area contributed by atoms with Gasteiger partial charge in [0, 0.05) is 17.6 Å². The molecule has 0 aliphatic heterocycles. The molecule has 0 spiro atoms. The van der Waals surface area contributed by atoms with Crippen LogP contribution in [0, 0.1) is 10.1 Å². The zero-order chi connectivity index (χ0) is 11.0. The molecule has 0 amide bonds.